The lowest BCUT2D eigenvalue weighted by atomic mass is 10.1. The molecule has 2 aromatic rings. The second-order valence-electron chi connectivity index (χ2n) is 6.56. The van der Waals surface area contributed by atoms with Gasteiger partial charge in [0.05, 0.1) is 10.0 Å². The minimum absolute atomic E-state index is 0.0382. The van der Waals surface area contributed by atoms with E-state index in [1.807, 2.05) is 13.8 Å². The summed E-state index contributed by atoms with van der Waals surface area (Å²) >= 11 is 11.9. The van der Waals surface area contributed by atoms with Crippen LogP contribution < -0.4 is 15.5 Å². The molecule has 27 heavy (non-hydrogen) atoms. The summed E-state index contributed by atoms with van der Waals surface area (Å²) in [5.41, 5.74) is -0.333. The topological polar surface area (TPSA) is 53.1 Å². The van der Waals surface area contributed by atoms with Crippen LogP contribution in [0.15, 0.2) is 24.4 Å². The number of nitrogens with zero attached hydrogens (tertiary/aromatic N) is 3. The summed E-state index contributed by atoms with van der Waals surface area (Å²) < 4.78 is 40.4. The summed E-state index contributed by atoms with van der Waals surface area (Å²) in [6.07, 6.45) is -3.74. The molecule has 0 aliphatic carbocycles. The first kappa shape index (κ1) is 20.0. The van der Waals surface area contributed by atoms with Gasteiger partial charge in [-0.15, -0.1) is 0 Å². The fraction of sp³-hybridized carbons (Fsp3) is 0.412. The molecule has 2 heterocycles. The van der Waals surface area contributed by atoms with Crippen molar-refractivity contribution in [1.82, 2.24) is 15.3 Å². The van der Waals surface area contributed by atoms with Crippen LogP contribution in [0, 0.1) is 0 Å². The predicted octanol–water partition coefficient (Wildman–Crippen LogP) is 4.73. The summed E-state index contributed by atoms with van der Waals surface area (Å²) in [5, 5.41) is 6.86. The fourth-order valence-corrected chi connectivity index (χ4v) is 3.37. The van der Waals surface area contributed by atoms with Gasteiger partial charge in [-0.05, 0) is 32.0 Å². The molecule has 1 aromatic heterocycles. The number of rotatable bonds is 3. The number of nitrogens with one attached hydrogen (secondary N) is 2. The Labute approximate surface area is 164 Å². The molecule has 2 atom stereocenters. The Morgan fingerprint density at radius 1 is 1.15 bits per heavy atom. The number of halogens is 5. The molecule has 2 N–H and O–H groups in total. The van der Waals surface area contributed by atoms with Crippen molar-refractivity contribution < 1.29 is 13.2 Å². The average molecular weight is 420 g/mol. The Bertz CT molecular complexity index is 821. The fourth-order valence-electron chi connectivity index (χ4n) is 3.08. The molecule has 0 saturated carbocycles. The van der Waals surface area contributed by atoms with Gasteiger partial charge in [-0.1, -0.05) is 23.2 Å². The maximum atomic E-state index is 13.5. The van der Waals surface area contributed by atoms with Crippen molar-refractivity contribution in [3.8, 4) is 0 Å². The summed E-state index contributed by atoms with van der Waals surface area (Å²) in [6.45, 7) is 4.67. The van der Waals surface area contributed by atoms with Crippen LogP contribution in [-0.2, 0) is 6.18 Å². The lowest BCUT2D eigenvalue weighted by Gasteiger charge is -2.37. The molecular weight excluding hydrogens is 402 g/mol. The van der Waals surface area contributed by atoms with E-state index in [0.29, 0.717) is 28.8 Å². The number of anilines is 3. The third-order valence-electron chi connectivity index (χ3n) is 4.11. The van der Waals surface area contributed by atoms with Gasteiger partial charge in [-0.3, -0.25) is 0 Å². The lowest BCUT2D eigenvalue weighted by Crippen LogP contribution is -2.55. The molecule has 0 bridgehead atoms. The molecule has 0 radical (unpaired) electrons. The van der Waals surface area contributed by atoms with Gasteiger partial charge in [0.2, 0.25) is 5.95 Å². The molecule has 1 saturated heterocycles. The molecular formula is C17H18Cl2F3N5. The van der Waals surface area contributed by atoms with Crippen molar-refractivity contribution in [3.05, 3.63) is 40.0 Å². The highest BCUT2D eigenvalue weighted by Crippen LogP contribution is 2.36. The molecule has 1 fully saturated rings. The van der Waals surface area contributed by atoms with Gasteiger partial charge in [0, 0.05) is 37.1 Å². The summed E-state index contributed by atoms with van der Waals surface area (Å²) in [4.78, 5) is 9.62. The zero-order valence-corrected chi connectivity index (χ0v) is 16.1. The first-order valence-corrected chi connectivity index (χ1v) is 9.06. The second kappa shape index (κ2) is 7.69. The standard InChI is InChI=1S/C17H18Cl2F3N5/c1-9-7-27(8-10(2)24-9)15-12(17(20,21)22)6-23-16(26-15)25-11-3-4-13(18)14(19)5-11/h3-6,9-10,24H,7-8H2,1-2H3,(H,23,25,26). The van der Waals surface area contributed by atoms with Crippen LogP contribution in [0.1, 0.15) is 19.4 Å². The molecule has 1 aromatic carbocycles. The van der Waals surface area contributed by atoms with Crippen molar-refractivity contribution >= 4 is 40.7 Å². The first-order chi connectivity index (χ1) is 12.6. The number of piperazine rings is 1. The van der Waals surface area contributed by atoms with Gasteiger partial charge in [-0.2, -0.15) is 18.2 Å². The van der Waals surface area contributed by atoms with E-state index >= 15 is 0 Å². The average Bonchev–Trinajstić information content (AvgIpc) is 2.56. The van der Waals surface area contributed by atoms with Crippen LogP contribution >= 0.6 is 23.2 Å². The Hall–Kier alpha value is -1.77. The van der Waals surface area contributed by atoms with Gasteiger partial charge in [-0.25, -0.2) is 4.98 Å². The third-order valence-corrected chi connectivity index (χ3v) is 4.85. The molecule has 3 rings (SSSR count). The highest BCUT2D eigenvalue weighted by Gasteiger charge is 2.38. The van der Waals surface area contributed by atoms with Crippen molar-refractivity contribution in [2.24, 2.45) is 0 Å². The van der Waals surface area contributed by atoms with Gasteiger partial charge >= 0.3 is 6.18 Å². The van der Waals surface area contributed by atoms with Gasteiger partial charge < -0.3 is 15.5 Å². The molecule has 146 valence electrons. The number of benzene rings is 1. The molecule has 5 nitrogen and oxygen atoms in total. The van der Waals surface area contributed by atoms with Crippen LogP contribution in [0.4, 0.5) is 30.6 Å². The summed E-state index contributed by atoms with van der Waals surface area (Å²) in [5.74, 6) is -0.0875. The number of aromatic nitrogens is 2. The minimum atomic E-state index is -4.55. The Morgan fingerprint density at radius 3 is 2.41 bits per heavy atom. The molecule has 1 aliphatic rings. The van der Waals surface area contributed by atoms with E-state index in [9.17, 15) is 13.2 Å². The van der Waals surface area contributed by atoms with E-state index in [-0.39, 0.29) is 23.8 Å². The SMILES string of the molecule is CC1CN(c2nc(Nc3ccc(Cl)c(Cl)c3)ncc2C(F)(F)F)CC(C)N1. The predicted molar refractivity (Wildman–Crippen MR) is 101 cm³/mol. The Kier molecular flexibility index (Phi) is 5.69. The van der Waals surface area contributed by atoms with Crippen LogP contribution in [0.2, 0.25) is 10.0 Å². The Balaban J connectivity index is 1.96. The zero-order chi connectivity index (χ0) is 19.8. The van der Waals surface area contributed by atoms with E-state index in [4.69, 9.17) is 23.2 Å². The quantitative estimate of drug-likeness (QED) is 0.752. The van der Waals surface area contributed by atoms with Gasteiger partial charge in [0.15, 0.2) is 0 Å². The zero-order valence-electron chi connectivity index (χ0n) is 14.6. The van der Waals surface area contributed by atoms with Crippen LogP contribution in [-0.4, -0.2) is 35.1 Å². The molecule has 1 aliphatic heterocycles. The normalized spacial score (nSPS) is 20.6. The smallest absolute Gasteiger partial charge is 0.353 e. The maximum Gasteiger partial charge on any atom is 0.421 e. The monoisotopic (exact) mass is 419 g/mol. The van der Waals surface area contributed by atoms with Crippen LogP contribution in [0.5, 0.6) is 0 Å². The maximum absolute atomic E-state index is 13.5. The van der Waals surface area contributed by atoms with Crippen molar-refractivity contribution in [1.29, 1.82) is 0 Å². The van der Waals surface area contributed by atoms with Crippen LogP contribution in [0.3, 0.4) is 0 Å². The molecule has 10 heteroatoms. The Morgan fingerprint density at radius 2 is 1.81 bits per heavy atom. The van der Waals surface area contributed by atoms with E-state index in [1.165, 1.54) is 0 Å². The van der Waals surface area contributed by atoms with E-state index in [1.54, 1.807) is 23.1 Å². The van der Waals surface area contributed by atoms with Crippen LogP contribution in [0.25, 0.3) is 0 Å². The van der Waals surface area contributed by atoms with Crippen molar-refractivity contribution in [2.75, 3.05) is 23.3 Å². The summed E-state index contributed by atoms with van der Waals surface area (Å²) in [6, 6.07) is 4.85. The highest BCUT2D eigenvalue weighted by molar-refractivity contribution is 6.42. The second-order valence-corrected chi connectivity index (χ2v) is 7.37. The minimum Gasteiger partial charge on any atom is -0.353 e. The highest BCUT2D eigenvalue weighted by atomic mass is 35.5. The summed E-state index contributed by atoms with van der Waals surface area (Å²) in [7, 11) is 0. The third kappa shape index (κ3) is 4.75. The van der Waals surface area contributed by atoms with Gasteiger partial charge in [0.1, 0.15) is 11.4 Å². The number of hydrogen-bond acceptors (Lipinski definition) is 5. The van der Waals surface area contributed by atoms with E-state index in [2.05, 4.69) is 20.6 Å². The van der Waals surface area contributed by atoms with Crippen molar-refractivity contribution in [3.63, 3.8) is 0 Å². The van der Waals surface area contributed by atoms with E-state index in [0.717, 1.165) is 6.20 Å². The molecule has 0 amide bonds. The molecule has 0 spiro atoms. The van der Waals surface area contributed by atoms with Gasteiger partial charge in [0.25, 0.3) is 0 Å². The number of alkyl halides is 3. The largest absolute Gasteiger partial charge is 0.421 e. The van der Waals surface area contributed by atoms with E-state index < -0.39 is 11.7 Å². The first-order valence-electron chi connectivity index (χ1n) is 8.31. The van der Waals surface area contributed by atoms with Crippen molar-refractivity contribution in [2.45, 2.75) is 32.1 Å². The lowest BCUT2D eigenvalue weighted by molar-refractivity contribution is -0.137. The molecule has 2 unspecified atom stereocenters. The number of hydrogen-bond donors (Lipinski definition) is 2.